The van der Waals surface area contributed by atoms with Crippen molar-refractivity contribution >= 4 is 19.4 Å². The van der Waals surface area contributed by atoms with Crippen LogP contribution in [0.25, 0.3) is 0 Å². The fourth-order valence-electron chi connectivity index (χ4n) is 1.46. The third-order valence-electron chi connectivity index (χ3n) is 2.75. The van der Waals surface area contributed by atoms with Crippen LogP contribution in [-0.2, 0) is 4.74 Å². The molecule has 0 aliphatic rings. The topological polar surface area (TPSA) is 9.23 Å². The van der Waals surface area contributed by atoms with Gasteiger partial charge < -0.3 is 0 Å². The molecule has 0 spiro atoms. The minimum atomic E-state index is 0.490. The molecule has 0 bridgehead atoms. The predicted molar refractivity (Wildman–Crippen MR) is 75.8 cm³/mol. The van der Waals surface area contributed by atoms with Gasteiger partial charge in [-0.25, -0.2) is 0 Å². The first-order chi connectivity index (χ1) is 8.27. The fraction of sp³-hybridized carbons (Fsp3) is 0.467. The van der Waals surface area contributed by atoms with Gasteiger partial charge in [-0.2, -0.15) is 0 Å². The molecule has 94 valence electrons. The zero-order chi connectivity index (χ0) is 12.5. The van der Waals surface area contributed by atoms with Gasteiger partial charge in [0.1, 0.15) is 0 Å². The Morgan fingerprint density at radius 1 is 1.24 bits per heavy atom. The van der Waals surface area contributed by atoms with Crippen LogP contribution in [-0.4, -0.2) is 21.6 Å². The summed E-state index contributed by atoms with van der Waals surface area (Å²) in [6.45, 7) is 7.35. The van der Waals surface area contributed by atoms with Gasteiger partial charge in [0.05, 0.1) is 0 Å². The van der Waals surface area contributed by atoms with E-state index in [4.69, 9.17) is 4.74 Å². The van der Waals surface area contributed by atoms with Crippen LogP contribution in [0.2, 0.25) is 4.82 Å². The molecule has 1 nitrogen and oxygen atoms in total. The molecule has 0 saturated heterocycles. The van der Waals surface area contributed by atoms with Crippen molar-refractivity contribution in [3.63, 3.8) is 0 Å². The van der Waals surface area contributed by atoms with Crippen LogP contribution < -0.4 is 4.46 Å². The first kappa shape index (κ1) is 14.3. The van der Waals surface area contributed by atoms with Gasteiger partial charge in [0.25, 0.3) is 0 Å². The van der Waals surface area contributed by atoms with E-state index in [1.165, 1.54) is 10.9 Å². The molecule has 0 heterocycles. The molecular formula is C15H22OSe. The molecule has 0 aliphatic heterocycles. The Bertz CT molecular complexity index is 321. The van der Waals surface area contributed by atoms with Crippen molar-refractivity contribution in [2.24, 2.45) is 5.92 Å². The Morgan fingerprint density at radius 2 is 1.94 bits per heavy atom. The summed E-state index contributed by atoms with van der Waals surface area (Å²) in [6, 6.07) is 10.8. The molecule has 2 unspecified atom stereocenters. The van der Waals surface area contributed by atoms with Crippen LogP contribution in [0, 0.1) is 5.92 Å². The summed E-state index contributed by atoms with van der Waals surface area (Å²) >= 11 is 0.490. The number of hydrogen-bond donors (Lipinski definition) is 0. The first-order valence-corrected chi connectivity index (χ1v) is 8.12. The zero-order valence-electron chi connectivity index (χ0n) is 10.9. The van der Waals surface area contributed by atoms with E-state index in [-0.39, 0.29) is 0 Å². The van der Waals surface area contributed by atoms with Gasteiger partial charge in [0.15, 0.2) is 0 Å². The Labute approximate surface area is 111 Å². The van der Waals surface area contributed by atoms with Crippen molar-refractivity contribution in [2.75, 3.05) is 6.61 Å². The monoisotopic (exact) mass is 298 g/mol. The second-order valence-electron chi connectivity index (χ2n) is 4.06. The Hall–Kier alpha value is -0.721. The van der Waals surface area contributed by atoms with Crippen molar-refractivity contribution in [2.45, 2.75) is 32.0 Å². The van der Waals surface area contributed by atoms with Gasteiger partial charge in [-0.15, -0.1) is 0 Å². The third kappa shape index (κ3) is 5.43. The molecule has 0 aliphatic carbocycles. The van der Waals surface area contributed by atoms with Crippen LogP contribution in [0.4, 0.5) is 0 Å². The first-order valence-electron chi connectivity index (χ1n) is 6.27. The van der Waals surface area contributed by atoms with Crippen LogP contribution >= 0.6 is 0 Å². The quantitative estimate of drug-likeness (QED) is 0.553. The maximum absolute atomic E-state index is 5.33. The van der Waals surface area contributed by atoms with Crippen molar-refractivity contribution in [1.82, 2.24) is 0 Å². The number of ether oxygens (including phenoxy) is 1. The van der Waals surface area contributed by atoms with E-state index in [1.54, 1.807) is 0 Å². The number of hydrogen-bond acceptors (Lipinski definition) is 1. The summed E-state index contributed by atoms with van der Waals surface area (Å²) in [7, 11) is 0. The second kappa shape index (κ2) is 8.38. The summed E-state index contributed by atoms with van der Waals surface area (Å²) in [6.07, 6.45) is 5.34. The summed E-state index contributed by atoms with van der Waals surface area (Å²) in [5, 5.41) is 0. The average Bonchev–Trinajstić information content (AvgIpc) is 2.38. The summed E-state index contributed by atoms with van der Waals surface area (Å²) in [4.78, 5) is 0.626. The van der Waals surface area contributed by atoms with Crippen molar-refractivity contribution in [3.05, 3.63) is 42.7 Å². The molecule has 0 radical (unpaired) electrons. The summed E-state index contributed by atoms with van der Waals surface area (Å²) in [5.41, 5.74) is 0. The molecule has 0 N–H and O–H groups in total. The molecule has 0 saturated carbocycles. The Morgan fingerprint density at radius 3 is 2.53 bits per heavy atom. The maximum atomic E-state index is 5.33. The number of benzene rings is 1. The molecule has 2 atom stereocenters. The van der Waals surface area contributed by atoms with E-state index in [0.29, 0.717) is 25.7 Å². The molecule has 17 heavy (non-hydrogen) atoms. The van der Waals surface area contributed by atoms with Crippen LogP contribution in [0.5, 0.6) is 0 Å². The van der Waals surface area contributed by atoms with E-state index in [0.717, 1.165) is 6.61 Å². The van der Waals surface area contributed by atoms with Gasteiger partial charge in [-0.1, -0.05) is 0 Å². The van der Waals surface area contributed by atoms with Gasteiger partial charge in [0, 0.05) is 0 Å². The molecule has 1 aromatic rings. The van der Waals surface area contributed by atoms with E-state index < -0.39 is 0 Å². The SMILES string of the molecule is CCO/C=C\C([Se]c1ccccc1)C(C)CC. The zero-order valence-corrected chi connectivity index (χ0v) is 12.6. The van der Waals surface area contributed by atoms with Crippen molar-refractivity contribution < 1.29 is 4.74 Å². The van der Waals surface area contributed by atoms with Gasteiger partial charge in [-0.05, 0) is 0 Å². The number of allylic oxidation sites excluding steroid dienone is 1. The molecule has 0 aromatic heterocycles. The van der Waals surface area contributed by atoms with Gasteiger partial charge in [-0.3, -0.25) is 0 Å². The summed E-state index contributed by atoms with van der Waals surface area (Å²) in [5.74, 6) is 0.715. The van der Waals surface area contributed by atoms with Gasteiger partial charge in [0.2, 0.25) is 0 Å². The molecule has 0 fully saturated rings. The van der Waals surface area contributed by atoms with E-state index in [2.05, 4.69) is 50.3 Å². The molecular weight excluding hydrogens is 275 g/mol. The van der Waals surface area contributed by atoms with Crippen LogP contribution in [0.1, 0.15) is 27.2 Å². The molecule has 1 aromatic carbocycles. The van der Waals surface area contributed by atoms with E-state index in [9.17, 15) is 0 Å². The average molecular weight is 297 g/mol. The molecule has 1 rings (SSSR count). The van der Waals surface area contributed by atoms with E-state index >= 15 is 0 Å². The fourth-order valence-corrected chi connectivity index (χ4v) is 3.97. The van der Waals surface area contributed by atoms with Gasteiger partial charge >= 0.3 is 111 Å². The standard InChI is InChI=1S/C15H22OSe/c1-4-13(3)15(11-12-16-5-2)17-14-9-7-6-8-10-14/h6-13,15H,4-5H2,1-3H3/b12-11-. The van der Waals surface area contributed by atoms with Crippen molar-refractivity contribution in [3.8, 4) is 0 Å². The van der Waals surface area contributed by atoms with E-state index in [1.807, 2.05) is 13.2 Å². The Balaban J connectivity index is 2.63. The number of rotatable bonds is 7. The minimum absolute atomic E-state index is 0.490. The predicted octanol–water partition coefficient (Wildman–Crippen LogP) is 3.40. The molecule has 2 heteroatoms. The second-order valence-corrected chi connectivity index (χ2v) is 6.69. The van der Waals surface area contributed by atoms with Crippen molar-refractivity contribution in [1.29, 1.82) is 0 Å². The Kier molecular flexibility index (Phi) is 7.07. The third-order valence-corrected chi connectivity index (χ3v) is 5.77. The van der Waals surface area contributed by atoms with Crippen LogP contribution in [0.15, 0.2) is 42.7 Å². The summed E-state index contributed by atoms with van der Waals surface area (Å²) < 4.78 is 6.79. The normalized spacial score (nSPS) is 14.8. The molecule has 0 amide bonds. The van der Waals surface area contributed by atoms with Crippen LogP contribution in [0.3, 0.4) is 0 Å².